The van der Waals surface area contributed by atoms with Crippen molar-refractivity contribution in [2.45, 2.75) is 26.9 Å². The molecule has 0 amide bonds. The number of H-pyrrole nitrogens is 1. The first-order valence-corrected chi connectivity index (χ1v) is 7.54. The lowest BCUT2D eigenvalue weighted by molar-refractivity contribution is 0.242. The summed E-state index contributed by atoms with van der Waals surface area (Å²) < 4.78 is 19.0. The van der Waals surface area contributed by atoms with Gasteiger partial charge in [-0.1, -0.05) is 6.07 Å². The molecule has 0 unspecified atom stereocenters. The Morgan fingerprint density at radius 3 is 2.52 bits per heavy atom. The van der Waals surface area contributed by atoms with E-state index < -0.39 is 0 Å². The van der Waals surface area contributed by atoms with Gasteiger partial charge in [0, 0.05) is 17.5 Å². The van der Waals surface area contributed by atoms with Crippen molar-refractivity contribution in [2.75, 3.05) is 0 Å². The molecule has 0 aliphatic heterocycles. The Hall–Kier alpha value is -2.62. The molecule has 3 nitrogen and oxygen atoms in total. The SMILES string of the molecule is Cc1cc(F)ccc1-c1cc(=O)[nH]c2cc(OC(C)C)ccc12. The van der Waals surface area contributed by atoms with E-state index in [-0.39, 0.29) is 17.5 Å². The van der Waals surface area contributed by atoms with Gasteiger partial charge in [-0.3, -0.25) is 4.79 Å². The smallest absolute Gasteiger partial charge is 0.249 e. The number of benzene rings is 2. The lowest BCUT2D eigenvalue weighted by atomic mass is 9.97. The van der Waals surface area contributed by atoms with Gasteiger partial charge in [0.2, 0.25) is 5.56 Å². The number of hydrogen-bond acceptors (Lipinski definition) is 2. The number of aryl methyl sites for hydroxylation is 1. The number of aromatic nitrogens is 1. The van der Waals surface area contributed by atoms with Crippen LogP contribution in [0.25, 0.3) is 22.0 Å². The Morgan fingerprint density at radius 2 is 1.83 bits per heavy atom. The Balaban J connectivity index is 2.23. The summed E-state index contributed by atoms with van der Waals surface area (Å²) in [4.78, 5) is 14.9. The minimum atomic E-state index is -0.284. The first-order chi connectivity index (χ1) is 10.9. The molecule has 0 fully saturated rings. The van der Waals surface area contributed by atoms with Gasteiger partial charge in [-0.05, 0) is 61.7 Å². The third kappa shape index (κ3) is 3.11. The molecule has 0 bridgehead atoms. The average Bonchev–Trinajstić information content (AvgIpc) is 2.45. The number of aromatic amines is 1. The predicted molar refractivity (Wildman–Crippen MR) is 90.5 cm³/mol. The quantitative estimate of drug-likeness (QED) is 0.777. The van der Waals surface area contributed by atoms with E-state index >= 15 is 0 Å². The number of hydrogen-bond donors (Lipinski definition) is 1. The summed E-state index contributed by atoms with van der Waals surface area (Å²) in [6.07, 6.45) is 0.0571. The Kier molecular flexibility index (Phi) is 3.90. The summed E-state index contributed by atoms with van der Waals surface area (Å²) in [6.45, 7) is 5.73. The number of pyridine rings is 1. The normalized spacial score (nSPS) is 11.2. The molecule has 3 rings (SSSR count). The zero-order valence-corrected chi connectivity index (χ0v) is 13.3. The predicted octanol–water partition coefficient (Wildman–Crippen LogP) is 4.43. The van der Waals surface area contributed by atoms with Crippen LogP contribution in [0.5, 0.6) is 5.75 Å². The molecule has 1 N–H and O–H groups in total. The van der Waals surface area contributed by atoms with Crippen LogP contribution in [-0.2, 0) is 0 Å². The number of fused-ring (bicyclic) bond motifs is 1. The van der Waals surface area contributed by atoms with E-state index in [1.165, 1.54) is 12.1 Å². The third-order valence-corrected chi connectivity index (χ3v) is 3.66. The second kappa shape index (κ2) is 5.88. The highest BCUT2D eigenvalue weighted by molar-refractivity contribution is 5.95. The van der Waals surface area contributed by atoms with Crippen molar-refractivity contribution < 1.29 is 9.13 Å². The fourth-order valence-electron chi connectivity index (χ4n) is 2.74. The van der Waals surface area contributed by atoms with Crippen molar-refractivity contribution in [3.63, 3.8) is 0 Å². The Labute approximate surface area is 133 Å². The van der Waals surface area contributed by atoms with Crippen molar-refractivity contribution in [1.29, 1.82) is 0 Å². The molecule has 118 valence electrons. The van der Waals surface area contributed by atoms with Gasteiger partial charge in [0.25, 0.3) is 0 Å². The molecule has 1 aromatic heterocycles. The molecule has 1 heterocycles. The zero-order chi connectivity index (χ0) is 16.6. The molecule has 0 saturated carbocycles. The minimum Gasteiger partial charge on any atom is -0.491 e. The molecule has 2 aromatic carbocycles. The molecular weight excluding hydrogens is 293 g/mol. The van der Waals surface area contributed by atoms with Crippen LogP contribution in [-0.4, -0.2) is 11.1 Å². The largest absolute Gasteiger partial charge is 0.491 e. The van der Waals surface area contributed by atoms with Gasteiger partial charge in [-0.15, -0.1) is 0 Å². The van der Waals surface area contributed by atoms with Crippen LogP contribution in [0.1, 0.15) is 19.4 Å². The van der Waals surface area contributed by atoms with E-state index in [0.29, 0.717) is 11.3 Å². The second-order valence-corrected chi connectivity index (χ2v) is 5.88. The highest BCUT2D eigenvalue weighted by atomic mass is 19.1. The van der Waals surface area contributed by atoms with Gasteiger partial charge in [0.15, 0.2) is 0 Å². The van der Waals surface area contributed by atoms with Crippen molar-refractivity contribution in [2.24, 2.45) is 0 Å². The van der Waals surface area contributed by atoms with E-state index in [1.807, 2.05) is 39.0 Å². The summed E-state index contributed by atoms with van der Waals surface area (Å²) >= 11 is 0. The van der Waals surface area contributed by atoms with Crippen LogP contribution in [0.4, 0.5) is 4.39 Å². The lowest BCUT2D eigenvalue weighted by Crippen LogP contribution is -2.07. The molecule has 0 aliphatic carbocycles. The van der Waals surface area contributed by atoms with Gasteiger partial charge in [0.1, 0.15) is 11.6 Å². The highest BCUT2D eigenvalue weighted by Crippen LogP contribution is 2.31. The average molecular weight is 311 g/mol. The molecule has 0 atom stereocenters. The summed E-state index contributed by atoms with van der Waals surface area (Å²) in [5.74, 6) is 0.421. The summed E-state index contributed by atoms with van der Waals surface area (Å²) in [7, 11) is 0. The second-order valence-electron chi connectivity index (χ2n) is 5.88. The summed E-state index contributed by atoms with van der Waals surface area (Å²) in [6, 6.07) is 11.7. The number of rotatable bonds is 3. The maximum atomic E-state index is 13.3. The van der Waals surface area contributed by atoms with Crippen molar-refractivity contribution in [3.05, 3.63) is 64.2 Å². The lowest BCUT2D eigenvalue weighted by Gasteiger charge is -2.13. The first-order valence-electron chi connectivity index (χ1n) is 7.54. The maximum absolute atomic E-state index is 13.3. The van der Waals surface area contributed by atoms with E-state index in [2.05, 4.69) is 4.98 Å². The molecule has 23 heavy (non-hydrogen) atoms. The van der Waals surface area contributed by atoms with Crippen LogP contribution >= 0.6 is 0 Å². The fraction of sp³-hybridized carbons (Fsp3) is 0.211. The molecular formula is C19H18FNO2. The number of ether oxygens (including phenoxy) is 1. The van der Waals surface area contributed by atoms with Crippen molar-refractivity contribution in [3.8, 4) is 16.9 Å². The molecule has 4 heteroatoms. The van der Waals surface area contributed by atoms with Gasteiger partial charge >= 0.3 is 0 Å². The van der Waals surface area contributed by atoms with Crippen molar-refractivity contribution >= 4 is 10.9 Å². The van der Waals surface area contributed by atoms with E-state index in [0.717, 1.165) is 22.1 Å². The van der Waals surface area contributed by atoms with Crippen LogP contribution in [0, 0.1) is 12.7 Å². The van der Waals surface area contributed by atoms with E-state index in [9.17, 15) is 9.18 Å². The maximum Gasteiger partial charge on any atom is 0.249 e. The monoisotopic (exact) mass is 311 g/mol. The fourth-order valence-corrected chi connectivity index (χ4v) is 2.74. The van der Waals surface area contributed by atoms with Crippen LogP contribution in [0.15, 0.2) is 47.3 Å². The molecule has 0 aliphatic rings. The minimum absolute atomic E-state index is 0.0571. The molecule has 3 aromatic rings. The van der Waals surface area contributed by atoms with Gasteiger partial charge in [-0.2, -0.15) is 0 Å². The Morgan fingerprint density at radius 1 is 1.04 bits per heavy atom. The van der Waals surface area contributed by atoms with Crippen LogP contribution < -0.4 is 10.3 Å². The third-order valence-electron chi connectivity index (χ3n) is 3.66. The summed E-state index contributed by atoms with van der Waals surface area (Å²) in [5.41, 5.74) is 2.93. The first kappa shape index (κ1) is 15.3. The van der Waals surface area contributed by atoms with Gasteiger partial charge in [-0.25, -0.2) is 4.39 Å². The zero-order valence-electron chi connectivity index (χ0n) is 13.3. The number of nitrogens with one attached hydrogen (secondary N) is 1. The van der Waals surface area contributed by atoms with Gasteiger partial charge < -0.3 is 9.72 Å². The highest BCUT2D eigenvalue weighted by Gasteiger charge is 2.10. The van der Waals surface area contributed by atoms with Crippen LogP contribution in [0.3, 0.4) is 0 Å². The summed E-state index contributed by atoms with van der Waals surface area (Å²) in [5, 5.41) is 0.899. The topological polar surface area (TPSA) is 42.1 Å². The molecule has 0 spiro atoms. The van der Waals surface area contributed by atoms with E-state index in [4.69, 9.17) is 4.74 Å². The number of halogens is 1. The van der Waals surface area contributed by atoms with E-state index in [1.54, 1.807) is 12.1 Å². The van der Waals surface area contributed by atoms with Gasteiger partial charge in [0.05, 0.1) is 11.6 Å². The molecule has 0 radical (unpaired) electrons. The Bertz CT molecular complexity index is 928. The standard InChI is InChI=1S/C19H18FNO2/c1-11(2)23-14-5-7-16-17(10-19(22)21-18(16)9-14)15-6-4-13(20)8-12(15)3/h4-11H,1-3H3,(H,21,22). The van der Waals surface area contributed by atoms with Crippen molar-refractivity contribution in [1.82, 2.24) is 4.98 Å². The molecule has 0 saturated heterocycles. The van der Waals surface area contributed by atoms with Crippen LogP contribution in [0.2, 0.25) is 0 Å².